The first-order chi connectivity index (χ1) is 13.8. The average molecular weight is 407 g/mol. The third-order valence-corrected chi connectivity index (χ3v) is 8.01. The van der Waals surface area contributed by atoms with Gasteiger partial charge in [-0.3, -0.25) is 9.59 Å². The van der Waals surface area contributed by atoms with E-state index in [4.69, 9.17) is 4.98 Å². The molecular formula is C24H26N2O2S. The van der Waals surface area contributed by atoms with E-state index in [2.05, 4.69) is 45.9 Å². The molecule has 5 rings (SSSR count). The number of aryl methyl sites for hydroxylation is 3. The number of allylic oxidation sites excluding steroid dienone is 2. The van der Waals surface area contributed by atoms with Gasteiger partial charge in [0.1, 0.15) is 0 Å². The topological polar surface area (TPSA) is 50.3 Å². The summed E-state index contributed by atoms with van der Waals surface area (Å²) in [4.78, 5) is 34.0. The number of hydrogen-bond acceptors (Lipinski definition) is 4. The maximum atomic E-state index is 13.4. The second-order valence-corrected chi connectivity index (χ2v) is 10.2. The number of benzene rings is 1. The number of imide groups is 1. The van der Waals surface area contributed by atoms with Crippen molar-refractivity contribution in [1.29, 1.82) is 0 Å². The summed E-state index contributed by atoms with van der Waals surface area (Å²) in [5.74, 6) is 0.0606. The Bertz CT molecular complexity index is 1060. The summed E-state index contributed by atoms with van der Waals surface area (Å²) in [6.45, 7) is 10.4. The van der Waals surface area contributed by atoms with Gasteiger partial charge in [0.25, 0.3) is 0 Å². The molecule has 1 saturated heterocycles. The molecule has 29 heavy (non-hydrogen) atoms. The predicted molar refractivity (Wildman–Crippen MR) is 116 cm³/mol. The van der Waals surface area contributed by atoms with Crippen molar-refractivity contribution < 1.29 is 9.59 Å². The lowest BCUT2D eigenvalue weighted by Gasteiger charge is -2.18. The Morgan fingerprint density at radius 3 is 2.24 bits per heavy atom. The van der Waals surface area contributed by atoms with Crippen LogP contribution in [0.15, 0.2) is 29.3 Å². The molecule has 4 atom stereocenters. The van der Waals surface area contributed by atoms with Gasteiger partial charge in [-0.15, -0.1) is 11.3 Å². The van der Waals surface area contributed by atoms with Crippen molar-refractivity contribution in [2.24, 2.45) is 23.7 Å². The van der Waals surface area contributed by atoms with Crippen molar-refractivity contribution in [3.8, 4) is 11.3 Å². The molecule has 0 radical (unpaired) electrons. The number of aromatic nitrogens is 1. The lowest BCUT2D eigenvalue weighted by Crippen LogP contribution is -2.33. The quantitative estimate of drug-likeness (QED) is 0.508. The summed E-state index contributed by atoms with van der Waals surface area (Å²) in [5, 5.41) is 0.543. The van der Waals surface area contributed by atoms with E-state index >= 15 is 0 Å². The number of rotatable bonds is 2. The molecule has 0 spiro atoms. The fraction of sp³-hybridized carbons (Fsp3) is 0.458. The smallest absolute Gasteiger partial charge is 0.240 e. The lowest BCUT2D eigenvalue weighted by atomic mass is 9.81. The minimum Gasteiger partial charge on any atom is -0.274 e. The molecule has 1 aromatic heterocycles. The van der Waals surface area contributed by atoms with Gasteiger partial charge in [-0.1, -0.05) is 28.8 Å². The molecular weight excluding hydrogens is 380 g/mol. The molecule has 150 valence electrons. The SMILES string of the molecule is CC(C)=C1[C@H]2CC[C@H]1[C@H]1C(=O)N(c3nc(-c4cc(C)ccc4C)c(C)s3)C(=O)[C@H]12. The van der Waals surface area contributed by atoms with Gasteiger partial charge in [0.2, 0.25) is 11.8 Å². The molecule has 2 aromatic rings. The fourth-order valence-electron chi connectivity index (χ4n) is 5.90. The van der Waals surface area contributed by atoms with Gasteiger partial charge in [0.05, 0.1) is 17.5 Å². The zero-order valence-corrected chi connectivity index (χ0v) is 18.4. The Morgan fingerprint density at radius 2 is 1.66 bits per heavy atom. The molecule has 2 aliphatic carbocycles. The van der Waals surface area contributed by atoms with Gasteiger partial charge >= 0.3 is 0 Å². The van der Waals surface area contributed by atoms with Gasteiger partial charge in [-0.2, -0.15) is 0 Å². The van der Waals surface area contributed by atoms with Gasteiger partial charge < -0.3 is 0 Å². The van der Waals surface area contributed by atoms with E-state index in [1.165, 1.54) is 32.9 Å². The van der Waals surface area contributed by atoms with Crippen molar-refractivity contribution in [2.75, 3.05) is 4.90 Å². The summed E-state index contributed by atoms with van der Waals surface area (Å²) in [6.07, 6.45) is 2.06. The number of anilines is 1. The molecule has 1 aliphatic heterocycles. The van der Waals surface area contributed by atoms with E-state index in [1.54, 1.807) is 0 Å². The van der Waals surface area contributed by atoms with Crippen LogP contribution in [0.2, 0.25) is 0 Å². The minimum absolute atomic E-state index is 0.0350. The van der Waals surface area contributed by atoms with Crippen molar-refractivity contribution in [3.63, 3.8) is 0 Å². The Kier molecular flexibility index (Phi) is 4.11. The normalized spacial score (nSPS) is 27.9. The molecule has 4 nitrogen and oxygen atoms in total. The first-order valence-corrected chi connectivity index (χ1v) is 11.2. The van der Waals surface area contributed by atoms with Crippen molar-refractivity contribution >= 4 is 28.3 Å². The number of carbonyl (C=O) groups is 2. The van der Waals surface area contributed by atoms with Crippen LogP contribution in [0.1, 0.15) is 42.7 Å². The van der Waals surface area contributed by atoms with Crippen LogP contribution in [-0.4, -0.2) is 16.8 Å². The summed E-state index contributed by atoms with van der Waals surface area (Å²) >= 11 is 1.46. The summed E-state index contributed by atoms with van der Waals surface area (Å²) in [5.41, 5.74) is 6.97. The van der Waals surface area contributed by atoms with Crippen LogP contribution in [0.5, 0.6) is 0 Å². The summed E-state index contributed by atoms with van der Waals surface area (Å²) in [7, 11) is 0. The third-order valence-electron chi connectivity index (χ3n) is 7.05. The second-order valence-electron chi connectivity index (χ2n) is 9.03. The highest BCUT2D eigenvalue weighted by molar-refractivity contribution is 7.16. The van der Waals surface area contributed by atoms with Gasteiger partial charge in [-0.25, -0.2) is 9.88 Å². The Balaban J connectivity index is 1.54. The van der Waals surface area contributed by atoms with Crippen LogP contribution in [0.4, 0.5) is 5.13 Å². The highest BCUT2D eigenvalue weighted by Crippen LogP contribution is 2.60. The average Bonchev–Trinajstić information content (AvgIpc) is 3.39. The van der Waals surface area contributed by atoms with Gasteiger partial charge in [0.15, 0.2) is 5.13 Å². The number of amides is 2. The van der Waals surface area contributed by atoms with Gasteiger partial charge in [-0.05, 0) is 70.9 Å². The standard InChI is InChI=1S/C24H26N2O2S/c1-11(2)18-15-8-9-16(18)20-19(15)22(27)26(23(20)28)24-25-21(14(5)29-24)17-10-12(3)6-7-13(17)4/h6-7,10,15-16,19-20H,8-9H2,1-5H3/t15-,16-,19-,20+/m1/s1. The Labute approximate surface area is 175 Å². The zero-order valence-electron chi connectivity index (χ0n) is 17.6. The highest BCUT2D eigenvalue weighted by atomic mass is 32.1. The zero-order chi connectivity index (χ0) is 20.6. The minimum atomic E-state index is -0.181. The number of thiazole rings is 1. The van der Waals surface area contributed by atoms with Crippen LogP contribution in [0.25, 0.3) is 11.3 Å². The number of fused-ring (bicyclic) bond motifs is 5. The molecule has 2 saturated carbocycles. The Hall–Kier alpha value is -2.27. The van der Waals surface area contributed by atoms with E-state index in [9.17, 15) is 9.59 Å². The van der Waals surface area contributed by atoms with Gasteiger partial charge in [0, 0.05) is 10.4 Å². The molecule has 2 amide bonds. The van der Waals surface area contributed by atoms with Crippen LogP contribution < -0.4 is 4.90 Å². The third kappa shape index (κ3) is 2.53. The van der Waals surface area contributed by atoms with E-state index in [1.807, 2.05) is 6.92 Å². The molecule has 3 fully saturated rings. The van der Waals surface area contributed by atoms with Crippen molar-refractivity contribution in [1.82, 2.24) is 4.98 Å². The van der Waals surface area contributed by atoms with Crippen molar-refractivity contribution in [3.05, 3.63) is 45.3 Å². The van der Waals surface area contributed by atoms with Crippen LogP contribution in [0.3, 0.4) is 0 Å². The van der Waals surface area contributed by atoms with Crippen molar-refractivity contribution in [2.45, 2.75) is 47.5 Å². The molecule has 2 heterocycles. The summed E-state index contributed by atoms with van der Waals surface area (Å²) < 4.78 is 0. The molecule has 2 bridgehead atoms. The fourth-order valence-corrected chi connectivity index (χ4v) is 6.83. The Morgan fingerprint density at radius 1 is 1.03 bits per heavy atom. The van der Waals surface area contributed by atoms with E-state index in [0.29, 0.717) is 5.13 Å². The number of carbonyl (C=O) groups excluding carboxylic acids is 2. The predicted octanol–water partition coefficient (Wildman–Crippen LogP) is 5.22. The van der Waals surface area contributed by atoms with E-state index in [-0.39, 0.29) is 35.5 Å². The van der Waals surface area contributed by atoms with Crippen LogP contribution in [-0.2, 0) is 9.59 Å². The molecule has 1 aromatic carbocycles. The summed E-state index contributed by atoms with van der Waals surface area (Å²) in [6, 6.07) is 6.32. The molecule has 0 unspecified atom stereocenters. The number of nitrogens with zero attached hydrogens (tertiary/aromatic N) is 2. The monoisotopic (exact) mass is 406 g/mol. The first-order valence-electron chi connectivity index (χ1n) is 10.4. The number of hydrogen-bond donors (Lipinski definition) is 0. The largest absolute Gasteiger partial charge is 0.274 e. The molecule has 5 heteroatoms. The van der Waals surface area contributed by atoms with E-state index in [0.717, 1.165) is 34.5 Å². The lowest BCUT2D eigenvalue weighted by molar-refractivity contribution is -0.123. The first kappa shape index (κ1) is 18.7. The highest BCUT2D eigenvalue weighted by Gasteiger charge is 2.64. The maximum absolute atomic E-state index is 13.4. The maximum Gasteiger partial charge on any atom is 0.240 e. The van der Waals surface area contributed by atoms with Crippen LogP contribution in [0, 0.1) is 44.4 Å². The second kappa shape index (κ2) is 6.36. The molecule has 0 N–H and O–H groups in total. The van der Waals surface area contributed by atoms with E-state index < -0.39 is 0 Å². The molecule has 3 aliphatic rings. The van der Waals surface area contributed by atoms with Crippen LogP contribution >= 0.6 is 11.3 Å².